The van der Waals surface area contributed by atoms with E-state index in [1.54, 1.807) is 7.11 Å². The lowest BCUT2D eigenvalue weighted by Crippen LogP contribution is -2.12. The van der Waals surface area contributed by atoms with Crippen LogP contribution in [0.25, 0.3) is 10.8 Å². The largest absolute Gasteiger partial charge is 0.497 e. The van der Waals surface area contributed by atoms with Gasteiger partial charge in [0.05, 0.1) is 7.11 Å². The molecule has 18 heavy (non-hydrogen) atoms. The first-order chi connectivity index (χ1) is 8.60. The van der Waals surface area contributed by atoms with Crippen molar-refractivity contribution in [2.24, 2.45) is 11.7 Å². The minimum Gasteiger partial charge on any atom is -0.497 e. The van der Waals surface area contributed by atoms with Crippen LogP contribution in [-0.2, 0) is 0 Å². The van der Waals surface area contributed by atoms with E-state index in [-0.39, 0.29) is 6.04 Å². The van der Waals surface area contributed by atoms with Gasteiger partial charge in [0, 0.05) is 6.04 Å². The third-order valence-corrected chi connectivity index (χ3v) is 3.22. The molecule has 2 N–H and O–H groups in total. The van der Waals surface area contributed by atoms with Gasteiger partial charge in [0.2, 0.25) is 0 Å². The third kappa shape index (κ3) is 2.82. The van der Waals surface area contributed by atoms with Crippen LogP contribution in [0.2, 0.25) is 0 Å². The summed E-state index contributed by atoms with van der Waals surface area (Å²) in [4.78, 5) is 0. The van der Waals surface area contributed by atoms with Gasteiger partial charge in [-0.1, -0.05) is 32.0 Å². The van der Waals surface area contributed by atoms with Crippen LogP contribution in [0.1, 0.15) is 31.9 Å². The Kier molecular flexibility index (Phi) is 3.87. The Labute approximate surface area is 109 Å². The second-order valence-electron chi connectivity index (χ2n) is 5.21. The smallest absolute Gasteiger partial charge is 0.119 e. The molecule has 0 saturated carbocycles. The maximum absolute atomic E-state index is 6.22. The fourth-order valence-corrected chi connectivity index (χ4v) is 2.24. The molecule has 0 bridgehead atoms. The molecular formula is C16H21NO. The molecule has 0 aliphatic carbocycles. The first-order valence-corrected chi connectivity index (χ1v) is 6.43. The first kappa shape index (κ1) is 12.9. The lowest BCUT2D eigenvalue weighted by Gasteiger charge is -2.15. The van der Waals surface area contributed by atoms with Crippen LogP contribution in [-0.4, -0.2) is 7.11 Å². The van der Waals surface area contributed by atoms with Gasteiger partial charge >= 0.3 is 0 Å². The molecule has 96 valence electrons. The SMILES string of the molecule is COc1ccc2cc([C@H](N)CC(C)C)ccc2c1. The molecule has 2 rings (SSSR count). The van der Waals surface area contributed by atoms with Crippen molar-refractivity contribution in [1.29, 1.82) is 0 Å². The van der Waals surface area contributed by atoms with Gasteiger partial charge in [0.25, 0.3) is 0 Å². The molecule has 0 radical (unpaired) electrons. The van der Waals surface area contributed by atoms with Crippen molar-refractivity contribution in [2.45, 2.75) is 26.3 Å². The number of rotatable bonds is 4. The number of methoxy groups -OCH3 is 1. The Morgan fingerprint density at radius 2 is 1.72 bits per heavy atom. The quantitative estimate of drug-likeness (QED) is 0.884. The summed E-state index contributed by atoms with van der Waals surface area (Å²) in [6.45, 7) is 4.40. The van der Waals surface area contributed by atoms with Crippen molar-refractivity contribution in [3.8, 4) is 5.75 Å². The van der Waals surface area contributed by atoms with E-state index < -0.39 is 0 Å². The molecule has 0 fully saturated rings. The Hall–Kier alpha value is -1.54. The molecule has 0 aliphatic heterocycles. The number of benzene rings is 2. The summed E-state index contributed by atoms with van der Waals surface area (Å²) < 4.78 is 5.23. The van der Waals surface area contributed by atoms with Crippen LogP contribution in [0.5, 0.6) is 5.75 Å². The molecular weight excluding hydrogens is 222 g/mol. The fourth-order valence-electron chi connectivity index (χ4n) is 2.24. The van der Waals surface area contributed by atoms with E-state index in [1.807, 2.05) is 12.1 Å². The standard InChI is InChI=1S/C16H21NO/c1-11(2)8-16(17)14-5-4-13-10-15(18-3)7-6-12(13)9-14/h4-7,9-11,16H,8,17H2,1-3H3/t16-/m1/s1. The summed E-state index contributed by atoms with van der Waals surface area (Å²) in [5.74, 6) is 1.51. The zero-order chi connectivity index (χ0) is 13.1. The van der Waals surface area contributed by atoms with Gasteiger partial charge in [-0.05, 0) is 46.9 Å². The van der Waals surface area contributed by atoms with Crippen LogP contribution in [0, 0.1) is 5.92 Å². The molecule has 0 aliphatic rings. The van der Waals surface area contributed by atoms with E-state index in [1.165, 1.54) is 16.3 Å². The van der Waals surface area contributed by atoms with Gasteiger partial charge in [0.1, 0.15) is 5.75 Å². The minimum atomic E-state index is 0.122. The molecule has 0 spiro atoms. The molecule has 0 saturated heterocycles. The summed E-state index contributed by atoms with van der Waals surface area (Å²) in [6.07, 6.45) is 1.02. The predicted octanol–water partition coefficient (Wildman–Crippen LogP) is 3.89. The summed E-state index contributed by atoms with van der Waals surface area (Å²) in [6, 6.07) is 12.7. The maximum Gasteiger partial charge on any atom is 0.119 e. The van der Waals surface area contributed by atoms with Crippen LogP contribution in [0.3, 0.4) is 0 Å². The topological polar surface area (TPSA) is 35.2 Å². The normalized spacial score (nSPS) is 12.9. The molecule has 2 aromatic rings. The molecule has 0 heterocycles. The van der Waals surface area contributed by atoms with Gasteiger partial charge in [-0.25, -0.2) is 0 Å². The first-order valence-electron chi connectivity index (χ1n) is 6.43. The average Bonchev–Trinajstić information content (AvgIpc) is 2.36. The van der Waals surface area contributed by atoms with Crippen molar-refractivity contribution < 1.29 is 4.74 Å². The molecule has 1 atom stereocenters. The van der Waals surface area contributed by atoms with E-state index in [4.69, 9.17) is 10.5 Å². The van der Waals surface area contributed by atoms with Crippen molar-refractivity contribution >= 4 is 10.8 Å². The average molecular weight is 243 g/mol. The van der Waals surface area contributed by atoms with Crippen LogP contribution < -0.4 is 10.5 Å². The summed E-state index contributed by atoms with van der Waals surface area (Å²) in [7, 11) is 1.69. The van der Waals surface area contributed by atoms with Crippen LogP contribution in [0.4, 0.5) is 0 Å². The number of ether oxygens (including phenoxy) is 1. The Morgan fingerprint density at radius 3 is 2.39 bits per heavy atom. The van der Waals surface area contributed by atoms with Crippen molar-refractivity contribution in [2.75, 3.05) is 7.11 Å². The van der Waals surface area contributed by atoms with Crippen LogP contribution >= 0.6 is 0 Å². The zero-order valence-electron chi connectivity index (χ0n) is 11.3. The van der Waals surface area contributed by atoms with Gasteiger partial charge < -0.3 is 10.5 Å². The third-order valence-electron chi connectivity index (χ3n) is 3.22. The summed E-state index contributed by atoms with van der Waals surface area (Å²) >= 11 is 0. The van der Waals surface area contributed by atoms with E-state index in [2.05, 4.69) is 38.1 Å². The molecule has 2 nitrogen and oxygen atoms in total. The van der Waals surface area contributed by atoms with Gasteiger partial charge in [-0.15, -0.1) is 0 Å². The second-order valence-corrected chi connectivity index (χ2v) is 5.21. The summed E-state index contributed by atoms with van der Waals surface area (Å²) in [5, 5.41) is 2.40. The van der Waals surface area contributed by atoms with E-state index in [0.717, 1.165) is 12.2 Å². The van der Waals surface area contributed by atoms with E-state index >= 15 is 0 Å². The highest BCUT2D eigenvalue weighted by atomic mass is 16.5. The minimum absolute atomic E-state index is 0.122. The Bertz CT molecular complexity index is 534. The molecule has 2 heteroatoms. The van der Waals surface area contributed by atoms with E-state index in [0.29, 0.717) is 5.92 Å². The fraction of sp³-hybridized carbons (Fsp3) is 0.375. The molecule has 2 aromatic carbocycles. The highest BCUT2D eigenvalue weighted by Crippen LogP contribution is 2.25. The number of hydrogen-bond donors (Lipinski definition) is 1. The van der Waals surface area contributed by atoms with Crippen molar-refractivity contribution in [1.82, 2.24) is 0 Å². The lowest BCUT2D eigenvalue weighted by atomic mass is 9.96. The van der Waals surface area contributed by atoms with Crippen LogP contribution in [0.15, 0.2) is 36.4 Å². The highest BCUT2D eigenvalue weighted by molar-refractivity contribution is 5.84. The Balaban J connectivity index is 2.33. The van der Waals surface area contributed by atoms with Gasteiger partial charge in [0.15, 0.2) is 0 Å². The monoisotopic (exact) mass is 243 g/mol. The lowest BCUT2D eigenvalue weighted by molar-refractivity contribution is 0.415. The Morgan fingerprint density at radius 1 is 1.06 bits per heavy atom. The molecule has 0 aromatic heterocycles. The van der Waals surface area contributed by atoms with Gasteiger partial charge in [-0.3, -0.25) is 0 Å². The second kappa shape index (κ2) is 5.40. The van der Waals surface area contributed by atoms with Crippen molar-refractivity contribution in [3.63, 3.8) is 0 Å². The predicted molar refractivity (Wildman–Crippen MR) is 76.9 cm³/mol. The van der Waals surface area contributed by atoms with Gasteiger partial charge in [-0.2, -0.15) is 0 Å². The number of fused-ring (bicyclic) bond motifs is 1. The molecule has 0 unspecified atom stereocenters. The maximum atomic E-state index is 6.22. The number of hydrogen-bond acceptors (Lipinski definition) is 2. The number of nitrogens with two attached hydrogens (primary N) is 1. The van der Waals surface area contributed by atoms with E-state index in [9.17, 15) is 0 Å². The zero-order valence-corrected chi connectivity index (χ0v) is 11.3. The highest BCUT2D eigenvalue weighted by Gasteiger charge is 2.09. The van der Waals surface area contributed by atoms with Crippen molar-refractivity contribution in [3.05, 3.63) is 42.0 Å². The molecule has 0 amide bonds. The summed E-state index contributed by atoms with van der Waals surface area (Å²) in [5.41, 5.74) is 7.43.